The minimum Gasteiger partial charge on any atom is -0.227 e. The van der Waals surface area contributed by atoms with Crippen LogP contribution in [-0.4, -0.2) is 55.1 Å². The second kappa shape index (κ2) is 6.90. The quantitative estimate of drug-likeness (QED) is 0.436. The summed E-state index contributed by atoms with van der Waals surface area (Å²) in [5.41, 5.74) is 0. The van der Waals surface area contributed by atoms with E-state index in [1.165, 1.54) is 0 Å². The van der Waals surface area contributed by atoms with E-state index in [9.17, 15) is 25.3 Å². The highest BCUT2D eigenvalue weighted by Crippen LogP contribution is 2.42. The first kappa shape index (κ1) is 22.1. The maximum Gasteiger partial charge on any atom is 0.256 e. The molecule has 0 atom stereocenters. The van der Waals surface area contributed by atoms with Gasteiger partial charge in [0.25, 0.3) is 3.03 Å². The van der Waals surface area contributed by atoms with Gasteiger partial charge in [0.05, 0.1) is 0 Å². The highest BCUT2D eigenvalue weighted by atomic mass is 32.3. The molecule has 0 aliphatic heterocycles. The van der Waals surface area contributed by atoms with Crippen LogP contribution in [0, 0.1) is 0 Å². The monoisotopic (exact) mass is 392 g/mol. The van der Waals surface area contributed by atoms with E-state index in [-0.39, 0.29) is 0 Å². The van der Waals surface area contributed by atoms with Crippen LogP contribution < -0.4 is 0 Å². The lowest BCUT2D eigenvalue weighted by molar-refractivity contribution is 0.572. The third-order valence-corrected chi connectivity index (χ3v) is 23.9. The van der Waals surface area contributed by atoms with E-state index in [0.29, 0.717) is 12.5 Å². The normalized spacial score (nSPS) is 15.0. The van der Waals surface area contributed by atoms with Crippen LogP contribution in [0.25, 0.3) is 0 Å². The Bertz CT molecular complexity index is 610. The van der Waals surface area contributed by atoms with Gasteiger partial charge in [0, 0.05) is 18.8 Å². The predicted octanol–water partition coefficient (Wildman–Crippen LogP) is 1.60. The fraction of sp³-hybridized carbons (Fsp3) is 1.00. The molecule has 0 rings (SSSR count). The third kappa shape index (κ3) is 3.93. The van der Waals surface area contributed by atoms with Crippen molar-refractivity contribution < 1.29 is 25.3 Å². The van der Waals surface area contributed by atoms with E-state index in [1.54, 1.807) is 13.1 Å². The summed E-state index contributed by atoms with van der Waals surface area (Å²) in [6.07, 6.45) is 5.56. The Morgan fingerprint density at radius 3 is 1.36 bits per heavy atom. The summed E-state index contributed by atoms with van der Waals surface area (Å²) >= 11 is 0. The maximum absolute atomic E-state index is 12.4. The molecule has 0 saturated heterocycles. The smallest absolute Gasteiger partial charge is 0.227 e. The highest BCUT2D eigenvalue weighted by molar-refractivity contribution is 8.28. The van der Waals surface area contributed by atoms with Gasteiger partial charge in [0.1, 0.15) is 8.07 Å². The SMILES string of the molecule is CCCCCC[Si](C)(C)C(S(C)(=O)=O)(S(C)(=O)=O)S(C)(=O)=O. The molecule has 134 valence electrons. The van der Waals surface area contributed by atoms with Gasteiger partial charge in [-0.25, -0.2) is 25.3 Å². The number of hydrogen-bond donors (Lipinski definition) is 0. The molecule has 0 aromatic rings. The largest absolute Gasteiger partial charge is 0.256 e. The zero-order valence-corrected chi connectivity index (χ0v) is 17.7. The molecule has 6 nitrogen and oxygen atoms in total. The topological polar surface area (TPSA) is 102 Å². The summed E-state index contributed by atoms with van der Waals surface area (Å²) in [6, 6.07) is 0.334. The van der Waals surface area contributed by atoms with Gasteiger partial charge < -0.3 is 0 Å². The molecular formula is C12H28O6S3Si. The lowest BCUT2D eigenvalue weighted by atomic mass is 10.2. The maximum atomic E-state index is 12.4. The van der Waals surface area contributed by atoms with Crippen molar-refractivity contribution in [3.63, 3.8) is 0 Å². The zero-order valence-electron chi connectivity index (χ0n) is 14.2. The number of hydrogen-bond acceptors (Lipinski definition) is 6. The van der Waals surface area contributed by atoms with Crippen LogP contribution in [-0.2, 0) is 29.5 Å². The van der Waals surface area contributed by atoms with Crippen molar-refractivity contribution in [2.75, 3.05) is 18.8 Å². The molecule has 0 spiro atoms. The number of rotatable bonds is 9. The first-order chi connectivity index (χ1) is 9.56. The Kier molecular flexibility index (Phi) is 6.92. The van der Waals surface area contributed by atoms with E-state index >= 15 is 0 Å². The first-order valence-corrected chi connectivity index (χ1v) is 16.0. The van der Waals surface area contributed by atoms with Crippen molar-refractivity contribution in [1.29, 1.82) is 0 Å². The molecule has 0 aromatic carbocycles. The summed E-state index contributed by atoms with van der Waals surface area (Å²) in [4.78, 5) is 0. The number of sulfone groups is 3. The third-order valence-electron chi connectivity index (χ3n) is 3.95. The van der Waals surface area contributed by atoms with E-state index in [0.717, 1.165) is 38.0 Å². The summed E-state index contributed by atoms with van der Waals surface area (Å²) in [5.74, 6) is 0. The predicted molar refractivity (Wildman–Crippen MR) is 93.7 cm³/mol. The highest BCUT2D eigenvalue weighted by Gasteiger charge is 2.68. The van der Waals surface area contributed by atoms with Crippen LogP contribution >= 0.6 is 0 Å². The standard InChI is InChI=1S/C12H28O6S3Si/c1-7-8-9-10-11-22(5,6)12(19(2,13)14,20(3,15)16)21(4,17)18/h7-11H2,1-6H3. The van der Waals surface area contributed by atoms with E-state index in [1.807, 2.05) is 6.92 Å². The van der Waals surface area contributed by atoms with Crippen molar-refractivity contribution in [3.05, 3.63) is 0 Å². The van der Waals surface area contributed by atoms with Crippen LogP contribution in [0.2, 0.25) is 19.1 Å². The van der Waals surface area contributed by atoms with Crippen molar-refractivity contribution in [3.8, 4) is 0 Å². The van der Waals surface area contributed by atoms with Gasteiger partial charge in [-0.15, -0.1) is 0 Å². The lowest BCUT2D eigenvalue weighted by Gasteiger charge is -2.40. The van der Waals surface area contributed by atoms with E-state index in [2.05, 4.69) is 0 Å². The number of unbranched alkanes of at least 4 members (excludes halogenated alkanes) is 3. The van der Waals surface area contributed by atoms with Gasteiger partial charge in [-0.2, -0.15) is 0 Å². The second-order valence-corrected chi connectivity index (χ2v) is 19.9. The molecule has 0 saturated carbocycles. The molecule has 22 heavy (non-hydrogen) atoms. The molecule has 0 unspecified atom stereocenters. The Morgan fingerprint density at radius 2 is 1.09 bits per heavy atom. The van der Waals surface area contributed by atoms with Gasteiger partial charge in [0.15, 0.2) is 29.5 Å². The van der Waals surface area contributed by atoms with Gasteiger partial charge in [-0.05, 0) is 0 Å². The molecule has 0 heterocycles. The zero-order chi connectivity index (χ0) is 18.0. The Hall–Kier alpha value is 0.0669. The first-order valence-electron chi connectivity index (χ1n) is 7.15. The van der Waals surface area contributed by atoms with Crippen LogP contribution in [0.15, 0.2) is 0 Å². The van der Waals surface area contributed by atoms with E-state index in [4.69, 9.17) is 0 Å². The van der Waals surface area contributed by atoms with Gasteiger partial charge in [0.2, 0.25) is 0 Å². The molecule has 10 heteroatoms. The summed E-state index contributed by atoms with van der Waals surface area (Å²) in [6.45, 7) is 5.11. The fourth-order valence-electron chi connectivity index (χ4n) is 3.48. The molecule has 0 aliphatic rings. The van der Waals surface area contributed by atoms with Crippen LogP contribution in [0.4, 0.5) is 0 Å². The molecule has 0 radical (unpaired) electrons. The average molecular weight is 393 g/mol. The van der Waals surface area contributed by atoms with E-state index < -0.39 is 40.6 Å². The van der Waals surface area contributed by atoms with Crippen LogP contribution in [0.5, 0.6) is 0 Å². The minimum atomic E-state index is -4.36. The molecule has 0 N–H and O–H groups in total. The Balaban J connectivity index is 6.34. The van der Waals surface area contributed by atoms with Crippen molar-refractivity contribution in [1.82, 2.24) is 0 Å². The minimum absolute atomic E-state index is 0.334. The van der Waals surface area contributed by atoms with Crippen LogP contribution in [0.1, 0.15) is 32.6 Å². The summed E-state index contributed by atoms with van der Waals surface area (Å²) < 4.78 is 71.5. The average Bonchev–Trinajstić information content (AvgIpc) is 2.17. The van der Waals surface area contributed by atoms with Crippen molar-refractivity contribution in [2.45, 2.75) is 54.8 Å². The van der Waals surface area contributed by atoms with Gasteiger partial charge >= 0.3 is 0 Å². The Labute approximate surface area is 136 Å². The molecular weight excluding hydrogens is 364 g/mol. The molecule has 0 fully saturated rings. The van der Waals surface area contributed by atoms with Crippen molar-refractivity contribution in [2.24, 2.45) is 0 Å². The second-order valence-electron chi connectivity index (χ2n) is 6.57. The molecule has 0 aliphatic carbocycles. The van der Waals surface area contributed by atoms with Gasteiger partial charge in [-0.1, -0.05) is 51.7 Å². The van der Waals surface area contributed by atoms with Gasteiger partial charge in [-0.3, -0.25) is 0 Å². The fourth-order valence-corrected chi connectivity index (χ4v) is 24.5. The molecule has 0 amide bonds. The van der Waals surface area contributed by atoms with Crippen molar-refractivity contribution >= 4 is 37.6 Å². The van der Waals surface area contributed by atoms with Crippen LogP contribution in [0.3, 0.4) is 0 Å². The Morgan fingerprint density at radius 1 is 0.727 bits per heavy atom. The summed E-state index contributed by atoms with van der Waals surface area (Å²) in [7, 11) is -16.3. The molecule has 0 bridgehead atoms. The summed E-state index contributed by atoms with van der Waals surface area (Å²) in [5, 5.41) is 0. The molecule has 0 aromatic heterocycles. The lowest BCUT2D eigenvalue weighted by Crippen LogP contribution is -2.67.